The van der Waals surface area contributed by atoms with Gasteiger partial charge in [-0.05, 0) is 36.1 Å². The molecule has 0 aromatic heterocycles. The number of rotatable bonds is 2. The van der Waals surface area contributed by atoms with Gasteiger partial charge < -0.3 is 9.64 Å². The van der Waals surface area contributed by atoms with Crippen molar-refractivity contribution < 1.29 is 9.53 Å². The number of alkyl halides is 1. The van der Waals surface area contributed by atoms with Gasteiger partial charge in [0.15, 0.2) is 0 Å². The Bertz CT molecular complexity index is 475. The van der Waals surface area contributed by atoms with E-state index in [-0.39, 0.29) is 5.91 Å². The first kappa shape index (κ1) is 11.8. The summed E-state index contributed by atoms with van der Waals surface area (Å²) in [6.45, 7) is 2.34. The zero-order valence-electron chi connectivity index (χ0n) is 10.2. The minimum atomic E-state index is 0.123. The lowest BCUT2D eigenvalue weighted by atomic mass is 10.1. The molecule has 1 saturated heterocycles. The third-order valence-corrected chi connectivity index (χ3v) is 4.16. The van der Waals surface area contributed by atoms with E-state index in [1.807, 2.05) is 23.1 Å². The molecule has 0 bridgehead atoms. The molecule has 0 saturated carbocycles. The van der Waals surface area contributed by atoms with Gasteiger partial charge in [-0.2, -0.15) is 0 Å². The number of amides is 1. The van der Waals surface area contributed by atoms with Crippen LogP contribution in [0.25, 0.3) is 0 Å². The van der Waals surface area contributed by atoms with Gasteiger partial charge in [0.25, 0.3) is 5.91 Å². The molecule has 0 spiro atoms. The van der Waals surface area contributed by atoms with Gasteiger partial charge in [-0.3, -0.25) is 4.79 Å². The quantitative estimate of drug-likeness (QED) is 0.768. The van der Waals surface area contributed by atoms with Crippen LogP contribution in [0.15, 0.2) is 18.2 Å². The van der Waals surface area contributed by atoms with Crippen molar-refractivity contribution in [1.82, 2.24) is 4.90 Å². The highest BCUT2D eigenvalue weighted by molar-refractivity contribution is 6.18. The van der Waals surface area contributed by atoms with Crippen molar-refractivity contribution >= 4 is 17.5 Å². The average molecular weight is 266 g/mol. The molecular weight excluding hydrogens is 250 g/mol. The standard InChI is InChI=1S/C14H16ClNO2/c15-8-10-3-5-16(9-10)14(17)12-1-2-13-11(7-12)4-6-18-13/h1-2,7,10H,3-6,8-9H2. The number of carbonyl (C=O) groups is 1. The minimum Gasteiger partial charge on any atom is -0.493 e. The van der Waals surface area contributed by atoms with Gasteiger partial charge >= 0.3 is 0 Å². The number of hydrogen-bond acceptors (Lipinski definition) is 2. The molecule has 96 valence electrons. The van der Waals surface area contributed by atoms with Crippen LogP contribution in [0.5, 0.6) is 5.75 Å². The monoisotopic (exact) mass is 265 g/mol. The molecule has 18 heavy (non-hydrogen) atoms. The van der Waals surface area contributed by atoms with Crippen molar-refractivity contribution in [3.8, 4) is 5.75 Å². The number of likely N-dealkylation sites (tertiary alicyclic amines) is 1. The molecule has 2 aliphatic heterocycles. The van der Waals surface area contributed by atoms with E-state index in [0.29, 0.717) is 11.8 Å². The van der Waals surface area contributed by atoms with Crippen molar-refractivity contribution in [2.24, 2.45) is 5.92 Å². The highest BCUT2D eigenvalue weighted by Gasteiger charge is 2.27. The van der Waals surface area contributed by atoms with Gasteiger partial charge in [0, 0.05) is 31.0 Å². The fraction of sp³-hybridized carbons (Fsp3) is 0.500. The first-order chi connectivity index (χ1) is 8.78. The summed E-state index contributed by atoms with van der Waals surface area (Å²) in [4.78, 5) is 14.3. The van der Waals surface area contributed by atoms with Gasteiger partial charge in [0.1, 0.15) is 5.75 Å². The Kier molecular flexibility index (Phi) is 3.16. The topological polar surface area (TPSA) is 29.5 Å². The lowest BCUT2D eigenvalue weighted by molar-refractivity contribution is 0.0788. The second-order valence-corrected chi connectivity index (χ2v) is 5.29. The summed E-state index contributed by atoms with van der Waals surface area (Å²) in [5.74, 6) is 2.14. The fourth-order valence-electron chi connectivity index (χ4n) is 2.65. The summed E-state index contributed by atoms with van der Waals surface area (Å²) < 4.78 is 5.45. The highest BCUT2D eigenvalue weighted by Crippen LogP contribution is 2.27. The van der Waals surface area contributed by atoms with Crippen LogP contribution in [0.4, 0.5) is 0 Å². The molecule has 1 aromatic carbocycles. The summed E-state index contributed by atoms with van der Waals surface area (Å²) in [6.07, 6.45) is 1.92. The maximum atomic E-state index is 12.4. The summed E-state index contributed by atoms with van der Waals surface area (Å²) in [5.41, 5.74) is 1.92. The van der Waals surface area contributed by atoms with Crippen LogP contribution in [-0.2, 0) is 6.42 Å². The van der Waals surface area contributed by atoms with E-state index < -0.39 is 0 Å². The Morgan fingerprint density at radius 3 is 3.17 bits per heavy atom. The van der Waals surface area contributed by atoms with Crippen LogP contribution < -0.4 is 4.74 Å². The first-order valence-corrected chi connectivity index (χ1v) is 6.92. The van der Waals surface area contributed by atoms with E-state index >= 15 is 0 Å². The van der Waals surface area contributed by atoms with Crippen LogP contribution in [0, 0.1) is 5.92 Å². The SMILES string of the molecule is O=C(c1ccc2c(c1)CCO2)N1CCC(CCl)C1. The maximum absolute atomic E-state index is 12.4. The summed E-state index contributed by atoms with van der Waals surface area (Å²) in [6, 6.07) is 5.74. The molecule has 4 heteroatoms. The van der Waals surface area contributed by atoms with Crippen molar-refractivity contribution in [1.29, 1.82) is 0 Å². The normalized spacial score (nSPS) is 21.8. The van der Waals surface area contributed by atoms with Crippen molar-refractivity contribution in [2.45, 2.75) is 12.8 Å². The lowest BCUT2D eigenvalue weighted by Crippen LogP contribution is -2.28. The number of nitrogens with zero attached hydrogens (tertiary/aromatic N) is 1. The van der Waals surface area contributed by atoms with Gasteiger partial charge in [-0.15, -0.1) is 11.6 Å². The first-order valence-electron chi connectivity index (χ1n) is 6.39. The number of ether oxygens (including phenoxy) is 1. The second kappa shape index (κ2) is 4.81. The van der Waals surface area contributed by atoms with Crippen molar-refractivity contribution in [3.63, 3.8) is 0 Å². The number of hydrogen-bond donors (Lipinski definition) is 0. The Labute approximate surface area is 112 Å². The average Bonchev–Trinajstić information content (AvgIpc) is 3.05. The summed E-state index contributed by atoms with van der Waals surface area (Å²) in [5, 5.41) is 0. The number of carbonyl (C=O) groups excluding carboxylic acids is 1. The Balaban J connectivity index is 1.77. The van der Waals surface area contributed by atoms with Crippen molar-refractivity contribution in [2.75, 3.05) is 25.6 Å². The molecule has 3 rings (SSSR count). The lowest BCUT2D eigenvalue weighted by Gasteiger charge is -2.16. The third-order valence-electron chi connectivity index (χ3n) is 3.73. The highest BCUT2D eigenvalue weighted by atomic mass is 35.5. The zero-order chi connectivity index (χ0) is 12.5. The fourth-order valence-corrected chi connectivity index (χ4v) is 2.90. The second-order valence-electron chi connectivity index (χ2n) is 4.98. The van der Waals surface area contributed by atoms with E-state index in [1.54, 1.807) is 0 Å². The van der Waals surface area contributed by atoms with Gasteiger partial charge in [-0.1, -0.05) is 0 Å². The van der Waals surface area contributed by atoms with E-state index in [4.69, 9.17) is 16.3 Å². The number of benzene rings is 1. The largest absolute Gasteiger partial charge is 0.493 e. The van der Waals surface area contributed by atoms with E-state index in [2.05, 4.69) is 0 Å². The van der Waals surface area contributed by atoms with E-state index in [0.717, 1.165) is 49.4 Å². The number of fused-ring (bicyclic) bond motifs is 1. The molecular formula is C14H16ClNO2. The molecule has 0 radical (unpaired) electrons. The predicted octanol–water partition coefficient (Wildman–Crippen LogP) is 2.32. The molecule has 0 aliphatic carbocycles. The van der Waals surface area contributed by atoms with Crippen LogP contribution in [0.3, 0.4) is 0 Å². The zero-order valence-corrected chi connectivity index (χ0v) is 10.9. The maximum Gasteiger partial charge on any atom is 0.253 e. The van der Waals surface area contributed by atoms with Crippen LogP contribution >= 0.6 is 11.6 Å². The van der Waals surface area contributed by atoms with Gasteiger partial charge in [-0.25, -0.2) is 0 Å². The smallest absolute Gasteiger partial charge is 0.253 e. The van der Waals surface area contributed by atoms with Crippen LogP contribution in [-0.4, -0.2) is 36.4 Å². The molecule has 3 nitrogen and oxygen atoms in total. The molecule has 1 unspecified atom stereocenters. The van der Waals surface area contributed by atoms with Crippen LogP contribution in [0.2, 0.25) is 0 Å². The minimum absolute atomic E-state index is 0.123. The van der Waals surface area contributed by atoms with Crippen LogP contribution in [0.1, 0.15) is 22.3 Å². The molecule has 2 aliphatic rings. The Morgan fingerprint density at radius 2 is 2.39 bits per heavy atom. The van der Waals surface area contributed by atoms with Gasteiger partial charge in [0.2, 0.25) is 0 Å². The molecule has 0 N–H and O–H groups in total. The molecule has 1 aromatic rings. The summed E-state index contributed by atoms with van der Waals surface area (Å²) in [7, 11) is 0. The van der Waals surface area contributed by atoms with Gasteiger partial charge in [0.05, 0.1) is 6.61 Å². The third kappa shape index (κ3) is 2.07. The molecule has 2 heterocycles. The van der Waals surface area contributed by atoms with E-state index in [9.17, 15) is 4.79 Å². The Morgan fingerprint density at radius 1 is 1.50 bits per heavy atom. The van der Waals surface area contributed by atoms with E-state index in [1.165, 1.54) is 0 Å². The Hall–Kier alpha value is -1.22. The predicted molar refractivity (Wildman–Crippen MR) is 70.4 cm³/mol. The summed E-state index contributed by atoms with van der Waals surface area (Å²) >= 11 is 5.85. The molecule has 1 fully saturated rings. The van der Waals surface area contributed by atoms with Crippen molar-refractivity contribution in [3.05, 3.63) is 29.3 Å². The molecule has 1 atom stereocenters. The number of halogens is 1. The molecule has 1 amide bonds.